The fourth-order valence-electron chi connectivity index (χ4n) is 4.15. The molecule has 1 unspecified atom stereocenters. The standard InChI is InChI=1S/C23H28FN3O3/c1-15(28)14-30-19-4-5-20-16(11-19)7-10-27(23(20)29)18-3-6-22(21(24)12-18)26-9-8-17(13-26)25-2/h3-6,11-12,15,17,25,28H,7-10,13-14H2,1-2H3/t15?,17-/m1/s1. The molecule has 1 fully saturated rings. The second-order valence-electron chi connectivity index (χ2n) is 8.04. The van der Waals surface area contributed by atoms with Crippen molar-refractivity contribution in [1.29, 1.82) is 0 Å². The van der Waals surface area contributed by atoms with Gasteiger partial charge in [0.25, 0.3) is 5.91 Å². The first-order chi connectivity index (χ1) is 14.5. The molecule has 0 aliphatic carbocycles. The molecule has 2 aromatic carbocycles. The number of fused-ring (bicyclic) bond motifs is 1. The minimum Gasteiger partial charge on any atom is -0.491 e. The molecule has 4 rings (SSSR count). The maximum atomic E-state index is 14.9. The fraction of sp³-hybridized carbons (Fsp3) is 0.435. The number of nitrogens with zero attached hydrogens (tertiary/aromatic N) is 2. The van der Waals surface area contributed by atoms with Crippen molar-refractivity contribution in [2.75, 3.05) is 43.1 Å². The molecule has 2 atom stereocenters. The van der Waals surface area contributed by atoms with E-state index in [1.54, 1.807) is 30.0 Å². The van der Waals surface area contributed by atoms with Gasteiger partial charge in [-0.1, -0.05) is 0 Å². The minimum atomic E-state index is -0.555. The molecule has 0 aromatic heterocycles. The van der Waals surface area contributed by atoms with Crippen molar-refractivity contribution in [3.05, 3.63) is 53.3 Å². The van der Waals surface area contributed by atoms with Crippen LogP contribution in [0.2, 0.25) is 0 Å². The van der Waals surface area contributed by atoms with E-state index in [0.717, 1.165) is 25.1 Å². The van der Waals surface area contributed by atoms with Gasteiger partial charge in [0.1, 0.15) is 18.2 Å². The molecule has 0 saturated carbocycles. The molecule has 1 amide bonds. The third kappa shape index (κ3) is 4.13. The summed E-state index contributed by atoms with van der Waals surface area (Å²) < 4.78 is 20.4. The number of anilines is 2. The highest BCUT2D eigenvalue weighted by Gasteiger charge is 2.28. The van der Waals surface area contributed by atoms with E-state index in [4.69, 9.17) is 4.74 Å². The van der Waals surface area contributed by atoms with E-state index in [1.807, 2.05) is 24.1 Å². The highest BCUT2D eigenvalue weighted by Crippen LogP contribution is 2.31. The zero-order valence-electron chi connectivity index (χ0n) is 17.4. The molecule has 2 aromatic rings. The maximum Gasteiger partial charge on any atom is 0.258 e. The molecule has 2 N–H and O–H groups in total. The smallest absolute Gasteiger partial charge is 0.258 e. The topological polar surface area (TPSA) is 65.0 Å². The normalized spacial score (nSPS) is 19.7. The molecule has 6 nitrogen and oxygen atoms in total. The number of rotatable bonds is 6. The number of carbonyl (C=O) groups excluding carboxylic acids is 1. The monoisotopic (exact) mass is 413 g/mol. The van der Waals surface area contributed by atoms with Crippen LogP contribution in [0, 0.1) is 5.82 Å². The van der Waals surface area contributed by atoms with Gasteiger partial charge in [0.2, 0.25) is 0 Å². The van der Waals surface area contributed by atoms with Crippen LogP contribution in [0.5, 0.6) is 5.75 Å². The Bertz CT molecular complexity index is 934. The third-order valence-corrected chi connectivity index (χ3v) is 5.83. The highest BCUT2D eigenvalue weighted by atomic mass is 19.1. The maximum absolute atomic E-state index is 14.9. The number of benzene rings is 2. The molecule has 2 aliphatic rings. The Morgan fingerprint density at radius 1 is 1.27 bits per heavy atom. The summed E-state index contributed by atoms with van der Waals surface area (Å²) >= 11 is 0. The van der Waals surface area contributed by atoms with Gasteiger partial charge in [-0.2, -0.15) is 0 Å². The number of hydrogen-bond donors (Lipinski definition) is 2. The van der Waals surface area contributed by atoms with Gasteiger partial charge < -0.3 is 25.0 Å². The average molecular weight is 413 g/mol. The predicted octanol–water partition coefficient (Wildman–Crippen LogP) is 2.59. The van der Waals surface area contributed by atoms with Crippen molar-refractivity contribution in [3.63, 3.8) is 0 Å². The molecule has 1 saturated heterocycles. The summed E-state index contributed by atoms with van der Waals surface area (Å²) in [7, 11) is 1.93. The number of halogens is 1. The lowest BCUT2D eigenvalue weighted by atomic mass is 9.98. The lowest BCUT2D eigenvalue weighted by Crippen LogP contribution is -2.37. The van der Waals surface area contributed by atoms with Gasteiger partial charge in [0, 0.05) is 36.9 Å². The van der Waals surface area contributed by atoms with E-state index in [1.165, 1.54) is 6.07 Å². The van der Waals surface area contributed by atoms with Gasteiger partial charge in [-0.3, -0.25) is 4.79 Å². The summed E-state index contributed by atoms with van der Waals surface area (Å²) in [6.07, 6.45) is 1.09. The van der Waals surface area contributed by atoms with Crippen LogP contribution >= 0.6 is 0 Å². The second-order valence-corrected chi connectivity index (χ2v) is 8.04. The number of carbonyl (C=O) groups is 1. The van der Waals surface area contributed by atoms with E-state index < -0.39 is 6.10 Å². The van der Waals surface area contributed by atoms with Crippen LogP contribution in [0.25, 0.3) is 0 Å². The number of nitrogens with one attached hydrogen (secondary N) is 1. The summed E-state index contributed by atoms with van der Waals surface area (Å²) in [5.41, 5.74) is 2.67. The Hall–Kier alpha value is -2.64. The first-order valence-corrected chi connectivity index (χ1v) is 10.4. The van der Waals surface area contributed by atoms with Crippen LogP contribution in [0.1, 0.15) is 29.3 Å². The highest BCUT2D eigenvalue weighted by molar-refractivity contribution is 6.08. The van der Waals surface area contributed by atoms with Gasteiger partial charge in [-0.05, 0) is 68.8 Å². The van der Waals surface area contributed by atoms with Crippen molar-refractivity contribution in [3.8, 4) is 5.75 Å². The first kappa shape index (κ1) is 20.6. The molecule has 0 bridgehead atoms. The summed E-state index contributed by atoms with van der Waals surface area (Å²) in [4.78, 5) is 16.7. The molecule has 30 heavy (non-hydrogen) atoms. The Kier molecular flexibility index (Phi) is 5.92. The number of aliphatic hydroxyl groups is 1. The number of aliphatic hydroxyl groups excluding tert-OH is 1. The zero-order valence-corrected chi connectivity index (χ0v) is 17.4. The summed E-state index contributed by atoms with van der Waals surface area (Å²) in [5, 5.41) is 12.6. The molecule has 160 valence electrons. The molecule has 2 aliphatic heterocycles. The fourth-order valence-corrected chi connectivity index (χ4v) is 4.15. The largest absolute Gasteiger partial charge is 0.491 e. The molecule has 0 radical (unpaired) electrons. The van der Waals surface area contributed by atoms with Crippen molar-refractivity contribution in [2.24, 2.45) is 0 Å². The summed E-state index contributed by atoms with van der Waals surface area (Å²) in [6.45, 7) is 3.94. The number of likely N-dealkylation sites (N-methyl/N-ethyl adjacent to an activating group) is 1. The van der Waals surface area contributed by atoms with E-state index >= 15 is 0 Å². The molecular weight excluding hydrogens is 385 g/mol. The van der Waals surface area contributed by atoms with Crippen LogP contribution < -0.4 is 19.9 Å². The van der Waals surface area contributed by atoms with Crippen LogP contribution in [-0.4, -0.2) is 56.4 Å². The summed E-state index contributed by atoms with van der Waals surface area (Å²) in [6, 6.07) is 10.8. The first-order valence-electron chi connectivity index (χ1n) is 10.4. The van der Waals surface area contributed by atoms with Crippen molar-refractivity contribution >= 4 is 17.3 Å². The summed E-state index contributed by atoms with van der Waals surface area (Å²) in [5.74, 6) is 0.198. The van der Waals surface area contributed by atoms with Gasteiger partial charge in [0.15, 0.2) is 0 Å². The second kappa shape index (κ2) is 8.62. The Morgan fingerprint density at radius 2 is 2.10 bits per heavy atom. The lowest BCUT2D eigenvalue weighted by Gasteiger charge is -2.29. The predicted molar refractivity (Wildman–Crippen MR) is 115 cm³/mol. The van der Waals surface area contributed by atoms with Crippen LogP contribution in [-0.2, 0) is 6.42 Å². The Labute approximate surface area is 176 Å². The SMILES string of the molecule is CN[C@@H]1CCN(c2ccc(N3CCc4cc(OCC(C)O)ccc4C3=O)cc2F)C1. The van der Waals surface area contributed by atoms with Crippen LogP contribution in [0.3, 0.4) is 0 Å². The molecule has 7 heteroatoms. The van der Waals surface area contributed by atoms with E-state index in [-0.39, 0.29) is 18.3 Å². The van der Waals surface area contributed by atoms with E-state index in [9.17, 15) is 14.3 Å². The molecule has 2 heterocycles. The Balaban J connectivity index is 1.50. The van der Waals surface area contributed by atoms with Crippen molar-refractivity contribution in [1.82, 2.24) is 5.32 Å². The Morgan fingerprint density at radius 3 is 2.80 bits per heavy atom. The lowest BCUT2D eigenvalue weighted by molar-refractivity contribution is 0.0980. The van der Waals surface area contributed by atoms with Crippen LogP contribution in [0.15, 0.2) is 36.4 Å². The van der Waals surface area contributed by atoms with Crippen molar-refractivity contribution in [2.45, 2.75) is 31.9 Å². The zero-order chi connectivity index (χ0) is 21.3. The number of amides is 1. The van der Waals surface area contributed by atoms with Gasteiger partial charge >= 0.3 is 0 Å². The van der Waals surface area contributed by atoms with Gasteiger partial charge in [0.05, 0.1) is 11.8 Å². The quantitative estimate of drug-likeness (QED) is 0.762. The molecule has 0 spiro atoms. The van der Waals surface area contributed by atoms with Crippen LogP contribution in [0.4, 0.5) is 15.8 Å². The van der Waals surface area contributed by atoms with Crippen molar-refractivity contribution < 1.29 is 19.0 Å². The average Bonchev–Trinajstić information content (AvgIpc) is 3.21. The number of hydrogen-bond acceptors (Lipinski definition) is 5. The van der Waals surface area contributed by atoms with Gasteiger partial charge in [-0.15, -0.1) is 0 Å². The minimum absolute atomic E-state index is 0.137. The third-order valence-electron chi connectivity index (χ3n) is 5.83. The van der Waals surface area contributed by atoms with E-state index in [0.29, 0.717) is 41.7 Å². The van der Waals surface area contributed by atoms with Gasteiger partial charge in [-0.25, -0.2) is 4.39 Å². The van der Waals surface area contributed by atoms with E-state index in [2.05, 4.69) is 5.32 Å². The number of ether oxygens (including phenoxy) is 1. The molecular formula is C23H28FN3O3.